The van der Waals surface area contributed by atoms with Crippen molar-refractivity contribution in [2.75, 3.05) is 19.6 Å². The van der Waals surface area contributed by atoms with E-state index in [1.54, 1.807) is 0 Å². The van der Waals surface area contributed by atoms with E-state index in [0.29, 0.717) is 12.1 Å². The van der Waals surface area contributed by atoms with Crippen LogP contribution in [0.1, 0.15) is 56.5 Å². The van der Waals surface area contributed by atoms with Gasteiger partial charge in [0.2, 0.25) is 0 Å². The second kappa shape index (κ2) is 7.11. The fraction of sp³-hybridized carbons (Fsp3) is 0.632. The molecular formula is C19H31N3O2. The Balaban J connectivity index is 2.21. The fourth-order valence-electron chi connectivity index (χ4n) is 3.43. The molecule has 134 valence electrons. The number of carbonyl (C=O) groups is 1. The van der Waals surface area contributed by atoms with Crippen LogP contribution in [-0.4, -0.2) is 47.4 Å². The highest BCUT2D eigenvalue weighted by Gasteiger charge is 2.31. The summed E-state index contributed by atoms with van der Waals surface area (Å²) in [6.45, 7) is 18.3. The lowest BCUT2D eigenvalue weighted by Gasteiger charge is -2.44. The highest BCUT2D eigenvalue weighted by molar-refractivity contribution is 5.90. The van der Waals surface area contributed by atoms with Gasteiger partial charge >= 0.3 is 0 Å². The van der Waals surface area contributed by atoms with Crippen LogP contribution in [0, 0.1) is 0 Å². The molecule has 24 heavy (non-hydrogen) atoms. The smallest absolute Gasteiger partial charge is 0.284 e. The lowest BCUT2D eigenvalue weighted by Crippen LogP contribution is -2.55. The van der Waals surface area contributed by atoms with Crippen molar-refractivity contribution in [1.82, 2.24) is 9.80 Å². The van der Waals surface area contributed by atoms with E-state index < -0.39 is 5.91 Å². The van der Waals surface area contributed by atoms with Gasteiger partial charge in [-0.25, -0.2) is 0 Å². The van der Waals surface area contributed by atoms with Gasteiger partial charge in [0.15, 0.2) is 5.76 Å². The average molecular weight is 333 g/mol. The van der Waals surface area contributed by atoms with Gasteiger partial charge in [-0.05, 0) is 19.9 Å². The molecule has 5 nitrogen and oxygen atoms in total. The summed E-state index contributed by atoms with van der Waals surface area (Å²) in [5, 5.41) is 0. The molecule has 1 saturated heterocycles. The van der Waals surface area contributed by atoms with Crippen LogP contribution in [0.2, 0.25) is 0 Å². The Labute approximate surface area is 145 Å². The third kappa shape index (κ3) is 4.08. The Bertz CT molecular complexity index is 600. The number of nitrogens with zero attached hydrogens (tertiary/aromatic N) is 2. The number of hydrogen-bond acceptors (Lipinski definition) is 4. The van der Waals surface area contributed by atoms with Gasteiger partial charge in [-0.3, -0.25) is 14.6 Å². The Morgan fingerprint density at radius 3 is 2.46 bits per heavy atom. The number of rotatable bonds is 5. The summed E-state index contributed by atoms with van der Waals surface area (Å²) >= 11 is 0. The number of amides is 1. The predicted molar refractivity (Wildman–Crippen MR) is 97.0 cm³/mol. The molecule has 1 aliphatic rings. The van der Waals surface area contributed by atoms with E-state index in [-0.39, 0.29) is 11.2 Å². The topological polar surface area (TPSA) is 62.7 Å². The summed E-state index contributed by atoms with van der Waals surface area (Å²) in [4.78, 5) is 16.4. The SMILES string of the molecule is C=CCN1C[C@@H](C)N(Cc2cc(C(N)=O)oc2C(C)(C)C)C[C@H]1C. The molecule has 0 aliphatic carbocycles. The van der Waals surface area contributed by atoms with Gasteiger partial charge in [0.05, 0.1) is 0 Å². The van der Waals surface area contributed by atoms with Crippen LogP contribution in [-0.2, 0) is 12.0 Å². The maximum Gasteiger partial charge on any atom is 0.284 e. The summed E-state index contributed by atoms with van der Waals surface area (Å²) in [6, 6.07) is 2.72. The normalized spacial score (nSPS) is 23.4. The van der Waals surface area contributed by atoms with Crippen LogP contribution in [0.3, 0.4) is 0 Å². The molecule has 0 radical (unpaired) electrons. The molecule has 0 aromatic carbocycles. The van der Waals surface area contributed by atoms with Crippen molar-refractivity contribution in [3.63, 3.8) is 0 Å². The second-order valence-corrected chi connectivity index (χ2v) is 7.95. The van der Waals surface area contributed by atoms with Crippen LogP contribution in [0.15, 0.2) is 23.1 Å². The zero-order valence-electron chi connectivity index (χ0n) is 15.6. The molecule has 2 rings (SSSR count). The Morgan fingerprint density at radius 1 is 1.33 bits per heavy atom. The summed E-state index contributed by atoms with van der Waals surface area (Å²) in [5.41, 5.74) is 6.31. The minimum atomic E-state index is -0.510. The zero-order chi connectivity index (χ0) is 18.1. The molecule has 0 spiro atoms. The molecule has 2 N–H and O–H groups in total. The summed E-state index contributed by atoms with van der Waals surface area (Å²) in [5.74, 6) is 0.592. The summed E-state index contributed by atoms with van der Waals surface area (Å²) in [6.07, 6.45) is 1.96. The van der Waals surface area contributed by atoms with Crippen molar-refractivity contribution in [3.8, 4) is 0 Å². The maximum atomic E-state index is 11.5. The molecule has 2 atom stereocenters. The van der Waals surface area contributed by atoms with Crippen LogP contribution >= 0.6 is 0 Å². The first kappa shape index (κ1) is 18.7. The third-order valence-corrected chi connectivity index (χ3v) is 4.71. The molecular weight excluding hydrogens is 302 g/mol. The maximum absolute atomic E-state index is 11.5. The summed E-state index contributed by atoms with van der Waals surface area (Å²) in [7, 11) is 0. The van der Waals surface area contributed by atoms with E-state index in [4.69, 9.17) is 10.2 Å². The van der Waals surface area contributed by atoms with Crippen molar-refractivity contribution < 1.29 is 9.21 Å². The van der Waals surface area contributed by atoms with Gasteiger partial charge in [-0.15, -0.1) is 6.58 Å². The number of nitrogens with two attached hydrogens (primary N) is 1. The van der Waals surface area contributed by atoms with Crippen molar-refractivity contribution in [1.29, 1.82) is 0 Å². The first-order chi connectivity index (χ1) is 11.1. The van der Waals surface area contributed by atoms with Crippen molar-refractivity contribution in [3.05, 3.63) is 35.8 Å². The van der Waals surface area contributed by atoms with Gasteiger partial charge in [0.1, 0.15) is 5.76 Å². The molecule has 1 fully saturated rings. The minimum Gasteiger partial charge on any atom is -0.455 e. The van der Waals surface area contributed by atoms with Crippen LogP contribution < -0.4 is 5.73 Å². The quantitative estimate of drug-likeness (QED) is 0.842. The van der Waals surface area contributed by atoms with Gasteiger partial charge in [0.25, 0.3) is 5.91 Å². The number of primary amides is 1. The first-order valence-electron chi connectivity index (χ1n) is 8.65. The number of piperazine rings is 1. The third-order valence-electron chi connectivity index (χ3n) is 4.71. The Hall–Kier alpha value is -1.59. The van der Waals surface area contributed by atoms with Crippen molar-refractivity contribution in [2.24, 2.45) is 5.73 Å². The van der Waals surface area contributed by atoms with Crippen molar-refractivity contribution >= 4 is 5.91 Å². The molecule has 0 unspecified atom stereocenters. The van der Waals surface area contributed by atoms with Gasteiger partial charge < -0.3 is 10.2 Å². The van der Waals surface area contributed by atoms with Crippen LogP contribution in [0.4, 0.5) is 0 Å². The molecule has 2 heterocycles. The highest BCUT2D eigenvalue weighted by Crippen LogP contribution is 2.31. The fourth-order valence-corrected chi connectivity index (χ4v) is 3.43. The van der Waals surface area contributed by atoms with E-state index in [2.05, 4.69) is 51.0 Å². The average Bonchev–Trinajstić information content (AvgIpc) is 2.89. The lowest BCUT2D eigenvalue weighted by molar-refractivity contribution is 0.0446. The lowest BCUT2D eigenvalue weighted by atomic mass is 9.90. The second-order valence-electron chi connectivity index (χ2n) is 7.95. The van der Waals surface area contributed by atoms with E-state index in [1.807, 2.05) is 12.1 Å². The largest absolute Gasteiger partial charge is 0.455 e. The van der Waals surface area contributed by atoms with Gasteiger partial charge in [-0.2, -0.15) is 0 Å². The van der Waals surface area contributed by atoms with E-state index in [9.17, 15) is 4.79 Å². The first-order valence-corrected chi connectivity index (χ1v) is 8.65. The van der Waals surface area contributed by atoms with Gasteiger partial charge in [0, 0.05) is 49.2 Å². The van der Waals surface area contributed by atoms with Crippen LogP contribution in [0.5, 0.6) is 0 Å². The van der Waals surface area contributed by atoms with E-state index in [0.717, 1.165) is 37.5 Å². The minimum absolute atomic E-state index is 0.164. The van der Waals surface area contributed by atoms with Crippen molar-refractivity contribution in [2.45, 2.75) is 58.7 Å². The summed E-state index contributed by atoms with van der Waals surface area (Å²) < 4.78 is 5.78. The molecule has 5 heteroatoms. The zero-order valence-corrected chi connectivity index (χ0v) is 15.6. The Morgan fingerprint density at radius 2 is 1.92 bits per heavy atom. The monoisotopic (exact) mass is 333 g/mol. The van der Waals surface area contributed by atoms with E-state index in [1.165, 1.54) is 0 Å². The van der Waals surface area contributed by atoms with E-state index >= 15 is 0 Å². The molecule has 0 bridgehead atoms. The predicted octanol–water partition coefficient (Wildman–Crippen LogP) is 2.76. The molecule has 1 aliphatic heterocycles. The van der Waals surface area contributed by atoms with Gasteiger partial charge in [-0.1, -0.05) is 26.8 Å². The number of carbonyl (C=O) groups excluding carboxylic acids is 1. The molecule has 1 aromatic heterocycles. The van der Waals surface area contributed by atoms with Crippen LogP contribution in [0.25, 0.3) is 0 Å². The Kier molecular flexibility index (Phi) is 5.56. The molecule has 1 amide bonds. The molecule has 0 saturated carbocycles. The number of furan rings is 1. The number of hydrogen-bond donors (Lipinski definition) is 1. The molecule has 1 aromatic rings. The highest BCUT2D eigenvalue weighted by atomic mass is 16.4. The standard InChI is InChI=1S/C19H31N3O2/c1-7-8-21-10-14(3)22(11-13(21)2)12-15-9-16(18(20)23)24-17(15)19(4,5)6/h7,9,13-14H,1,8,10-12H2,2-6H3,(H2,20,23)/t13-,14-/m1/s1.